The van der Waals surface area contributed by atoms with Crippen LogP contribution in [-0.2, 0) is 14.1 Å². The molecule has 0 saturated carbocycles. The molecule has 2 saturated heterocycles. The predicted molar refractivity (Wildman–Crippen MR) is 103 cm³/mol. The Morgan fingerprint density at radius 2 is 1.85 bits per heavy atom. The van der Waals surface area contributed by atoms with E-state index >= 15 is 0 Å². The van der Waals surface area contributed by atoms with Gasteiger partial charge in [-0.15, -0.1) is 0 Å². The average molecular weight is 367 g/mol. The highest BCUT2D eigenvalue weighted by Crippen LogP contribution is 2.37. The number of fused-ring (bicyclic) bond motifs is 1. The zero-order valence-electron chi connectivity index (χ0n) is 15.9. The molecule has 3 heterocycles. The van der Waals surface area contributed by atoms with E-state index in [1.165, 1.54) is 0 Å². The van der Waals surface area contributed by atoms with Gasteiger partial charge in [0.05, 0.1) is 11.2 Å². The third-order valence-corrected chi connectivity index (χ3v) is 5.64. The molecule has 2 aromatic rings. The molecule has 1 aromatic carbocycles. The number of benzene rings is 1. The molecular weight excluding hydrogens is 345 g/mol. The van der Waals surface area contributed by atoms with E-state index in [-0.39, 0.29) is 12.3 Å². The minimum atomic E-state index is -0.561. The number of rotatable bonds is 2. The first-order valence-corrected chi connectivity index (χ1v) is 9.03. The molecule has 2 fully saturated rings. The molecule has 140 valence electrons. The van der Waals surface area contributed by atoms with E-state index in [2.05, 4.69) is 10.3 Å². The van der Waals surface area contributed by atoms with Crippen LogP contribution in [0.25, 0.3) is 10.8 Å². The monoisotopic (exact) mass is 367 g/mol. The van der Waals surface area contributed by atoms with Crippen LogP contribution < -0.4 is 15.7 Å². The molecule has 7 nitrogen and oxygen atoms in total. The third kappa shape index (κ3) is 2.98. The predicted octanol–water partition coefficient (Wildman–Crippen LogP) is 1.98. The van der Waals surface area contributed by atoms with Gasteiger partial charge in [0, 0.05) is 36.4 Å². The number of amides is 3. The van der Waals surface area contributed by atoms with Crippen molar-refractivity contribution in [3.8, 4) is 0 Å². The topological polar surface area (TPSA) is 80.8 Å². The Balaban J connectivity index is 1.81. The van der Waals surface area contributed by atoms with Crippen LogP contribution >= 0.6 is 0 Å². The van der Waals surface area contributed by atoms with E-state index in [1.807, 2.05) is 45.9 Å². The van der Waals surface area contributed by atoms with Crippen LogP contribution in [-0.4, -0.2) is 41.8 Å². The molecule has 0 bridgehead atoms. The largest absolute Gasteiger partial charge is 0.495 e. The number of anilines is 1. The first-order chi connectivity index (χ1) is 12.7. The molecule has 2 aliphatic rings. The normalized spacial score (nSPS) is 21.6. The Hall–Kier alpha value is -2.45. The van der Waals surface area contributed by atoms with Crippen molar-refractivity contribution >= 4 is 41.0 Å². The Kier molecular flexibility index (Phi) is 4.01. The summed E-state index contributed by atoms with van der Waals surface area (Å²) < 4.78 is 12.5. The molecule has 0 atom stereocenters. The van der Waals surface area contributed by atoms with E-state index in [9.17, 15) is 9.59 Å². The van der Waals surface area contributed by atoms with Crippen molar-refractivity contribution in [3.63, 3.8) is 0 Å². The second-order valence-electron chi connectivity index (χ2n) is 7.98. The fourth-order valence-corrected chi connectivity index (χ4v) is 3.35. The highest BCUT2D eigenvalue weighted by atomic mass is 16.7. The number of nitrogens with one attached hydrogen (secondary N) is 1. The summed E-state index contributed by atoms with van der Waals surface area (Å²) in [5, 5.41) is 4.20. The van der Waals surface area contributed by atoms with Crippen molar-refractivity contribution in [1.82, 2.24) is 10.3 Å². The van der Waals surface area contributed by atoms with Crippen LogP contribution in [0.15, 0.2) is 30.6 Å². The quantitative estimate of drug-likeness (QED) is 0.821. The van der Waals surface area contributed by atoms with Gasteiger partial charge < -0.3 is 9.31 Å². The summed E-state index contributed by atoms with van der Waals surface area (Å²) in [5.74, 6) is -0.259. The summed E-state index contributed by atoms with van der Waals surface area (Å²) >= 11 is 0. The van der Waals surface area contributed by atoms with Crippen LogP contribution in [0.2, 0.25) is 0 Å². The lowest BCUT2D eigenvalue weighted by atomic mass is 9.76. The lowest BCUT2D eigenvalue weighted by Gasteiger charge is -2.32. The Bertz CT molecular complexity index is 928. The van der Waals surface area contributed by atoms with E-state index < -0.39 is 24.4 Å². The zero-order valence-corrected chi connectivity index (χ0v) is 15.9. The molecule has 0 spiro atoms. The first-order valence-electron chi connectivity index (χ1n) is 9.03. The number of carbonyl (C=O) groups excluding carboxylic acids is 2. The molecule has 0 aliphatic carbocycles. The Labute approximate surface area is 158 Å². The molecule has 0 unspecified atom stereocenters. The van der Waals surface area contributed by atoms with Crippen LogP contribution in [0.1, 0.15) is 34.1 Å². The molecule has 4 rings (SSSR count). The van der Waals surface area contributed by atoms with Crippen molar-refractivity contribution in [3.05, 3.63) is 30.6 Å². The minimum absolute atomic E-state index is 0.259. The molecular formula is C19H22BN3O4. The van der Waals surface area contributed by atoms with Gasteiger partial charge in [-0.05, 0) is 56.7 Å². The number of imide groups is 1. The van der Waals surface area contributed by atoms with Crippen molar-refractivity contribution in [2.75, 3.05) is 11.4 Å². The van der Waals surface area contributed by atoms with Crippen LogP contribution in [0.5, 0.6) is 0 Å². The molecule has 0 radical (unpaired) electrons. The Morgan fingerprint density at radius 1 is 1.15 bits per heavy atom. The summed E-state index contributed by atoms with van der Waals surface area (Å²) in [4.78, 5) is 29.5. The third-order valence-electron chi connectivity index (χ3n) is 5.64. The van der Waals surface area contributed by atoms with Gasteiger partial charge in [0.15, 0.2) is 0 Å². The van der Waals surface area contributed by atoms with Gasteiger partial charge in [0.1, 0.15) is 0 Å². The summed E-state index contributed by atoms with van der Waals surface area (Å²) in [7, 11) is -0.561. The van der Waals surface area contributed by atoms with Gasteiger partial charge in [0.25, 0.3) is 0 Å². The van der Waals surface area contributed by atoms with Crippen molar-refractivity contribution < 1.29 is 18.9 Å². The second-order valence-corrected chi connectivity index (χ2v) is 7.98. The van der Waals surface area contributed by atoms with Gasteiger partial charge in [0.2, 0.25) is 5.91 Å². The highest BCUT2D eigenvalue weighted by molar-refractivity contribution is 6.65. The fourth-order valence-electron chi connectivity index (χ4n) is 3.35. The molecule has 8 heteroatoms. The van der Waals surface area contributed by atoms with Crippen molar-refractivity contribution in [2.24, 2.45) is 0 Å². The SMILES string of the molecule is CC1(C)OB(c2cc(N3CCC(=O)NC3=O)cc3cnccc23)OC1(C)C. The van der Waals surface area contributed by atoms with Gasteiger partial charge in [-0.1, -0.05) is 0 Å². The molecule has 1 N–H and O–H groups in total. The van der Waals surface area contributed by atoms with E-state index in [0.717, 1.165) is 16.2 Å². The van der Waals surface area contributed by atoms with Gasteiger partial charge in [-0.3, -0.25) is 20.0 Å². The lowest BCUT2D eigenvalue weighted by Crippen LogP contribution is -2.50. The fraction of sp³-hybridized carbons (Fsp3) is 0.421. The number of carbonyl (C=O) groups is 2. The van der Waals surface area contributed by atoms with Crippen molar-refractivity contribution in [2.45, 2.75) is 45.3 Å². The lowest BCUT2D eigenvalue weighted by molar-refractivity contribution is -0.120. The molecule has 1 aromatic heterocycles. The standard InChI is InChI=1S/C19H22BN3O4/c1-18(2)19(3,4)27-20(26-18)15-10-13(9-12-11-21-7-5-14(12)15)23-8-6-16(24)22-17(23)25/h5,7,9-11H,6,8H2,1-4H3,(H,22,24,25). The van der Waals surface area contributed by atoms with Crippen molar-refractivity contribution in [1.29, 1.82) is 0 Å². The first kappa shape index (κ1) is 17.9. The maximum Gasteiger partial charge on any atom is 0.495 e. The number of hydrogen-bond acceptors (Lipinski definition) is 5. The zero-order chi connectivity index (χ0) is 19.4. The van der Waals surface area contributed by atoms with E-state index in [0.29, 0.717) is 12.2 Å². The highest BCUT2D eigenvalue weighted by Gasteiger charge is 2.52. The second kappa shape index (κ2) is 6.04. The number of pyridine rings is 1. The summed E-state index contributed by atoms with van der Waals surface area (Å²) in [6.07, 6.45) is 3.74. The smallest absolute Gasteiger partial charge is 0.399 e. The summed E-state index contributed by atoms with van der Waals surface area (Å²) in [6.45, 7) is 8.35. The van der Waals surface area contributed by atoms with Gasteiger partial charge >= 0.3 is 13.1 Å². The summed E-state index contributed by atoms with van der Waals surface area (Å²) in [5.41, 5.74) is 0.586. The van der Waals surface area contributed by atoms with Gasteiger partial charge in [-0.2, -0.15) is 0 Å². The molecule has 27 heavy (non-hydrogen) atoms. The van der Waals surface area contributed by atoms with Crippen LogP contribution in [0, 0.1) is 0 Å². The summed E-state index contributed by atoms with van der Waals surface area (Å²) in [6, 6.07) is 5.29. The minimum Gasteiger partial charge on any atom is -0.399 e. The maximum absolute atomic E-state index is 12.3. The Morgan fingerprint density at radius 3 is 2.52 bits per heavy atom. The average Bonchev–Trinajstić information content (AvgIpc) is 2.81. The number of aromatic nitrogens is 1. The van der Waals surface area contributed by atoms with E-state index in [4.69, 9.17) is 9.31 Å². The molecule has 3 amide bonds. The number of urea groups is 1. The van der Waals surface area contributed by atoms with Gasteiger partial charge in [-0.25, -0.2) is 4.79 Å². The van der Waals surface area contributed by atoms with Crippen LogP contribution in [0.3, 0.4) is 0 Å². The molecule has 2 aliphatic heterocycles. The maximum atomic E-state index is 12.3. The number of hydrogen-bond donors (Lipinski definition) is 1. The van der Waals surface area contributed by atoms with Crippen LogP contribution in [0.4, 0.5) is 10.5 Å². The number of nitrogens with zero attached hydrogens (tertiary/aromatic N) is 2. The van der Waals surface area contributed by atoms with E-state index in [1.54, 1.807) is 17.3 Å².